The second kappa shape index (κ2) is 9.51. The quantitative estimate of drug-likeness (QED) is 0.538. The van der Waals surface area contributed by atoms with Gasteiger partial charge in [-0.3, -0.25) is 4.99 Å². The lowest BCUT2D eigenvalue weighted by molar-refractivity contribution is 0.0730. The molecule has 140 valence electrons. The highest BCUT2D eigenvalue weighted by atomic mass is 79.9. The van der Waals surface area contributed by atoms with Crippen molar-refractivity contribution < 1.29 is 13.2 Å². The van der Waals surface area contributed by atoms with E-state index in [4.69, 9.17) is 4.74 Å². The Kier molecular flexibility index (Phi) is 7.67. The number of rotatable bonds is 6. The Morgan fingerprint density at radius 1 is 1.32 bits per heavy atom. The smallest absolute Gasteiger partial charge is 0.215 e. The van der Waals surface area contributed by atoms with Crippen LogP contribution in [0.1, 0.15) is 5.56 Å². The highest BCUT2D eigenvalue weighted by molar-refractivity contribution is 9.10. The van der Waals surface area contributed by atoms with Crippen LogP contribution >= 0.6 is 15.9 Å². The number of hydrogen-bond donors (Lipinski definition) is 1. The molecule has 0 aliphatic carbocycles. The standard InChI is InChI=1S/C16H25BrN4O3S/c1-18-16(20(2)13-14-3-5-15(17)6-4-14)19-7-12-25(22,23)21-8-10-24-11-9-21/h3-6H,7-13H2,1-2H3,(H,18,19). The van der Waals surface area contributed by atoms with Gasteiger partial charge in [0.2, 0.25) is 10.0 Å². The van der Waals surface area contributed by atoms with Crippen molar-refractivity contribution in [2.24, 2.45) is 4.99 Å². The second-order valence-corrected chi connectivity index (χ2v) is 8.79. The Labute approximate surface area is 158 Å². The fraction of sp³-hybridized carbons (Fsp3) is 0.562. The van der Waals surface area contributed by atoms with Crippen molar-refractivity contribution in [2.75, 3.05) is 52.7 Å². The number of sulfonamides is 1. The molecule has 0 bridgehead atoms. The lowest BCUT2D eigenvalue weighted by Crippen LogP contribution is -2.45. The molecule has 1 saturated heterocycles. The van der Waals surface area contributed by atoms with Crippen molar-refractivity contribution in [3.05, 3.63) is 34.3 Å². The van der Waals surface area contributed by atoms with Crippen LogP contribution in [0, 0.1) is 0 Å². The summed E-state index contributed by atoms with van der Waals surface area (Å²) in [6.07, 6.45) is 0. The Bertz CT molecular complexity index is 673. The Hall–Kier alpha value is -1.16. The maximum absolute atomic E-state index is 12.3. The van der Waals surface area contributed by atoms with Crippen molar-refractivity contribution in [3.8, 4) is 0 Å². The van der Waals surface area contributed by atoms with Gasteiger partial charge < -0.3 is 15.0 Å². The molecule has 0 unspecified atom stereocenters. The van der Waals surface area contributed by atoms with Gasteiger partial charge in [0.25, 0.3) is 0 Å². The van der Waals surface area contributed by atoms with Crippen LogP contribution in [-0.2, 0) is 21.3 Å². The molecule has 1 fully saturated rings. The third kappa shape index (κ3) is 6.25. The van der Waals surface area contributed by atoms with E-state index in [1.165, 1.54) is 4.31 Å². The molecule has 1 aliphatic heterocycles. The fourth-order valence-corrected chi connectivity index (χ4v) is 4.16. The minimum absolute atomic E-state index is 0.0398. The van der Waals surface area contributed by atoms with E-state index in [2.05, 4.69) is 26.2 Å². The average Bonchev–Trinajstić information content (AvgIpc) is 2.61. The largest absolute Gasteiger partial charge is 0.379 e. The number of ether oxygens (including phenoxy) is 1. The number of halogens is 1. The molecule has 0 atom stereocenters. The van der Waals surface area contributed by atoms with E-state index < -0.39 is 10.0 Å². The number of benzene rings is 1. The van der Waals surface area contributed by atoms with Crippen LogP contribution in [0.3, 0.4) is 0 Å². The summed E-state index contributed by atoms with van der Waals surface area (Å²) in [5, 5.41) is 3.13. The van der Waals surface area contributed by atoms with Gasteiger partial charge in [0.05, 0.1) is 19.0 Å². The zero-order chi connectivity index (χ0) is 18.3. The Morgan fingerprint density at radius 2 is 1.96 bits per heavy atom. The topological polar surface area (TPSA) is 74.2 Å². The summed E-state index contributed by atoms with van der Waals surface area (Å²) in [5.74, 6) is 0.707. The molecule has 0 radical (unpaired) electrons. The number of aliphatic imine (C=N–C) groups is 1. The number of nitrogens with zero attached hydrogens (tertiary/aromatic N) is 3. The molecule has 0 spiro atoms. The van der Waals surface area contributed by atoms with E-state index in [0.717, 1.165) is 10.0 Å². The summed E-state index contributed by atoms with van der Waals surface area (Å²) in [5.41, 5.74) is 1.15. The van der Waals surface area contributed by atoms with E-state index in [1.807, 2.05) is 36.2 Å². The number of guanidine groups is 1. The number of morpholine rings is 1. The third-order valence-corrected chi connectivity index (χ3v) is 6.31. The molecule has 7 nitrogen and oxygen atoms in total. The van der Waals surface area contributed by atoms with Crippen LogP contribution < -0.4 is 5.32 Å². The molecule has 9 heteroatoms. The number of hydrogen-bond acceptors (Lipinski definition) is 4. The van der Waals surface area contributed by atoms with Crippen LogP contribution in [0.5, 0.6) is 0 Å². The zero-order valence-corrected chi connectivity index (χ0v) is 17.0. The van der Waals surface area contributed by atoms with E-state index in [-0.39, 0.29) is 5.75 Å². The molecule has 2 rings (SSSR count). The van der Waals surface area contributed by atoms with Gasteiger partial charge in [-0.1, -0.05) is 28.1 Å². The first kappa shape index (κ1) is 20.2. The van der Waals surface area contributed by atoms with Gasteiger partial charge in [-0.2, -0.15) is 4.31 Å². The van der Waals surface area contributed by atoms with Crippen molar-refractivity contribution >= 4 is 31.9 Å². The van der Waals surface area contributed by atoms with Gasteiger partial charge >= 0.3 is 0 Å². The summed E-state index contributed by atoms with van der Waals surface area (Å²) in [6, 6.07) is 8.07. The molecule has 1 aromatic rings. The normalized spacial score (nSPS) is 16.7. The summed E-state index contributed by atoms with van der Waals surface area (Å²) in [6.45, 7) is 2.79. The van der Waals surface area contributed by atoms with E-state index in [0.29, 0.717) is 45.4 Å². The van der Waals surface area contributed by atoms with Crippen LogP contribution in [-0.4, -0.2) is 76.3 Å². The minimum atomic E-state index is -3.26. The van der Waals surface area contributed by atoms with Gasteiger partial charge in [-0.05, 0) is 17.7 Å². The molecule has 0 saturated carbocycles. The van der Waals surface area contributed by atoms with Gasteiger partial charge in [0.15, 0.2) is 5.96 Å². The number of nitrogens with one attached hydrogen (secondary N) is 1. The molecule has 1 aromatic carbocycles. The SMILES string of the molecule is CN=C(NCCS(=O)(=O)N1CCOCC1)N(C)Cc1ccc(Br)cc1. The predicted molar refractivity (Wildman–Crippen MR) is 103 cm³/mol. The molecular formula is C16H25BrN4O3S. The maximum Gasteiger partial charge on any atom is 0.215 e. The Balaban J connectivity index is 1.83. The lowest BCUT2D eigenvalue weighted by atomic mass is 10.2. The van der Waals surface area contributed by atoms with Gasteiger partial charge in [-0.25, -0.2) is 8.42 Å². The summed E-state index contributed by atoms with van der Waals surface area (Å²) < 4.78 is 32.4. The molecule has 1 aliphatic rings. The van der Waals surface area contributed by atoms with Crippen molar-refractivity contribution in [1.29, 1.82) is 0 Å². The lowest BCUT2D eigenvalue weighted by Gasteiger charge is -2.27. The molecule has 1 N–H and O–H groups in total. The van der Waals surface area contributed by atoms with Crippen LogP contribution in [0.15, 0.2) is 33.7 Å². The van der Waals surface area contributed by atoms with Gasteiger partial charge in [0.1, 0.15) is 0 Å². The second-order valence-electron chi connectivity index (χ2n) is 5.78. The molecular weight excluding hydrogens is 408 g/mol. The zero-order valence-electron chi connectivity index (χ0n) is 14.6. The monoisotopic (exact) mass is 432 g/mol. The van der Waals surface area contributed by atoms with Crippen LogP contribution in [0.4, 0.5) is 0 Å². The van der Waals surface area contributed by atoms with Gasteiger partial charge in [0, 0.05) is 44.7 Å². The fourth-order valence-electron chi connectivity index (χ4n) is 2.57. The highest BCUT2D eigenvalue weighted by Crippen LogP contribution is 2.12. The first-order chi connectivity index (χ1) is 11.9. The molecule has 25 heavy (non-hydrogen) atoms. The van der Waals surface area contributed by atoms with Gasteiger partial charge in [-0.15, -0.1) is 0 Å². The highest BCUT2D eigenvalue weighted by Gasteiger charge is 2.23. The maximum atomic E-state index is 12.3. The summed E-state index contributed by atoms with van der Waals surface area (Å²) in [7, 11) is 0.351. The van der Waals surface area contributed by atoms with Crippen molar-refractivity contribution in [3.63, 3.8) is 0 Å². The first-order valence-corrected chi connectivity index (χ1v) is 10.5. The van der Waals surface area contributed by atoms with Crippen molar-refractivity contribution in [2.45, 2.75) is 6.54 Å². The first-order valence-electron chi connectivity index (χ1n) is 8.14. The third-order valence-electron chi connectivity index (χ3n) is 3.91. The Morgan fingerprint density at radius 3 is 2.56 bits per heavy atom. The van der Waals surface area contributed by atoms with Crippen LogP contribution in [0.2, 0.25) is 0 Å². The van der Waals surface area contributed by atoms with E-state index in [1.54, 1.807) is 7.05 Å². The minimum Gasteiger partial charge on any atom is -0.379 e. The predicted octanol–water partition coefficient (Wildman–Crippen LogP) is 1.12. The molecule has 0 aromatic heterocycles. The average molecular weight is 433 g/mol. The molecule has 0 amide bonds. The summed E-state index contributed by atoms with van der Waals surface area (Å²) in [4.78, 5) is 6.19. The van der Waals surface area contributed by atoms with E-state index >= 15 is 0 Å². The summed E-state index contributed by atoms with van der Waals surface area (Å²) >= 11 is 3.42. The van der Waals surface area contributed by atoms with E-state index in [9.17, 15) is 8.42 Å². The van der Waals surface area contributed by atoms with Crippen molar-refractivity contribution in [1.82, 2.24) is 14.5 Å². The molecule has 1 heterocycles. The van der Waals surface area contributed by atoms with Crippen LogP contribution in [0.25, 0.3) is 0 Å².